The Morgan fingerprint density at radius 3 is 2.56 bits per heavy atom. The van der Waals surface area contributed by atoms with E-state index >= 15 is 0 Å². The number of aliphatic hydroxyl groups is 1. The van der Waals surface area contributed by atoms with Crippen molar-refractivity contribution in [2.45, 2.75) is 12.5 Å². The molecular weight excluding hydrogens is 246 g/mol. The van der Waals surface area contributed by atoms with Gasteiger partial charge in [0.2, 0.25) is 11.8 Å². The van der Waals surface area contributed by atoms with E-state index in [9.17, 15) is 18.4 Å². The second-order valence-corrected chi connectivity index (χ2v) is 3.65. The van der Waals surface area contributed by atoms with Crippen molar-refractivity contribution in [3.8, 4) is 0 Å². The van der Waals surface area contributed by atoms with Crippen molar-refractivity contribution < 1.29 is 23.5 Å². The minimum Gasteiger partial charge on any atom is -0.381 e. The summed E-state index contributed by atoms with van der Waals surface area (Å²) < 4.78 is 25.5. The number of nitrogens with two attached hydrogens (primary N) is 1. The molecule has 1 atom stereocenters. The normalized spacial score (nSPS) is 11.9. The number of hydrogen-bond acceptors (Lipinski definition) is 3. The highest BCUT2D eigenvalue weighted by Crippen LogP contribution is 2.09. The summed E-state index contributed by atoms with van der Waals surface area (Å²) in [7, 11) is 0. The third-order valence-electron chi connectivity index (χ3n) is 2.17. The standard InChI is InChI=1S/C11H12F2N2O3/c12-7-2-1-6(3-8(7)13)4-10(17)15-5-9(16)11(14)18/h1-3,9,16H,4-5H2,(H2,14,18)(H,15,17). The van der Waals surface area contributed by atoms with Crippen molar-refractivity contribution in [3.63, 3.8) is 0 Å². The molecule has 18 heavy (non-hydrogen) atoms. The van der Waals surface area contributed by atoms with E-state index in [1.54, 1.807) is 0 Å². The van der Waals surface area contributed by atoms with E-state index in [4.69, 9.17) is 10.8 Å². The quantitative estimate of drug-likeness (QED) is 0.663. The van der Waals surface area contributed by atoms with Crippen LogP contribution in [0.15, 0.2) is 18.2 Å². The van der Waals surface area contributed by atoms with Crippen LogP contribution in [-0.2, 0) is 16.0 Å². The Hall–Kier alpha value is -2.02. The fourth-order valence-electron chi connectivity index (χ4n) is 1.21. The monoisotopic (exact) mass is 258 g/mol. The van der Waals surface area contributed by atoms with Gasteiger partial charge in [-0.2, -0.15) is 0 Å². The predicted octanol–water partition coefficient (Wildman–Crippen LogP) is -0.530. The third kappa shape index (κ3) is 4.10. The molecule has 0 aromatic heterocycles. The van der Waals surface area contributed by atoms with E-state index in [1.807, 2.05) is 0 Å². The molecule has 0 saturated carbocycles. The molecule has 0 fully saturated rings. The van der Waals surface area contributed by atoms with Crippen LogP contribution in [0.1, 0.15) is 5.56 Å². The third-order valence-corrected chi connectivity index (χ3v) is 2.17. The summed E-state index contributed by atoms with van der Waals surface area (Å²) in [4.78, 5) is 21.8. The Kier molecular flexibility index (Phi) is 4.73. The first-order chi connectivity index (χ1) is 8.40. The molecule has 0 aliphatic carbocycles. The maximum atomic E-state index is 12.8. The molecule has 1 rings (SSSR count). The van der Waals surface area contributed by atoms with E-state index in [0.717, 1.165) is 12.1 Å². The average molecular weight is 258 g/mol. The first-order valence-corrected chi connectivity index (χ1v) is 5.08. The number of primary amides is 1. The van der Waals surface area contributed by atoms with E-state index in [1.165, 1.54) is 6.07 Å². The molecule has 0 radical (unpaired) electrons. The van der Waals surface area contributed by atoms with Gasteiger partial charge in [0, 0.05) is 0 Å². The lowest BCUT2D eigenvalue weighted by atomic mass is 10.1. The zero-order valence-electron chi connectivity index (χ0n) is 9.32. The molecule has 1 aromatic rings. The van der Waals surface area contributed by atoms with Crippen LogP contribution in [0.2, 0.25) is 0 Å². The second-order valence-electron chi connectivity index (χ2n) is 3.65. The molecule has 0 aliphatic heterocycles. The van der Waals surface area contributed by atoms with E-state index in [-0.39, 0.29) is 18.5 Å². The fraction of sp³-hybridized carbons (Fsp3) is 0.273. The number of benzene rings is 1. The lowest BCUT2D eigenvalue weighted by molar-refractivity contribution is -0.126. The largest absolute Gasteiger partial charge is 0.381 e. The SMILES string of the molecule is NC(=O)C(O)CNC(=O)Cc1ccc(F)c(F)c1. The van der Waals surface area contributed by atoms with Crippen LogP contribution in [0.3, 0.4) is 0 Å². The highest BCUT2D eigenvalue weighted by molar-refractivity contribution is 5.81. The number of carbonyl (C=O) groups is 2. The molecule has 98 valence electrons. The van der Waals surface area contributed by atoms with Gasteiger partial charge in [-0.25, -0.2) is 8.78 Å². The van der Waals surface area contributed by atoms with E-state index in [0.29, 0.717) is 0 Å². The minimum atomic E-state index is -1.47. The lowest BCUT2D eigenvalue weighted by Crippen LogP contribution is -2.40. The zero-order chi connectivity index (χ0) is 13.7. The number of halogens is 2. The van der Waals surface area contributed by atoms with Gasteiger partial charge in [-0.3, -0.25) is 9.59 Å². The highest BCUT2D eigenvalue weighted by atomic mass is 19.2. The Morgan fingerprint density at radius 1 is 1.33 bits per heavy atom. The summed E-state index contributed by atoms with van der Waals surface area (Å²) >= 11 is 0. The van der Waals surface area contributed by atoms with Crippen molar-refractivity contribution in [2.75, 3.05) is 6.54 Å². The minimum absolute atomic E-state index is 0.192. The molecule has 1 aromatic carbocycles. The van der Waals surface area contributed by atoms with Crippen molar-refractivity contribution in [1.29, 1.82) is 0 Å². The average Bonchev–Trinajstić information content (AvgIpc) is 2.30. The van der Waals surface area contributed by atoms with Crippen molar-refractivity contribution in [3.05, 3.63) is 35.4 Å². The fourth-order valence-corrected chi connectivity index (χ4v) is 1.21. The molecule has 0 aliphatic rings. The van der Waals surface area contributed by atoms with Gasteiger partial charge in [0.15, 0.2) is 11.6 Å². The van der Waals surface area contributed by atoms with Crippen LogP contribution in [0, 0.1) is 11.6 Å². The van der Waals surface area contributed by atoms with Crippen molar-refractivity contribution in [1.82, 2.24) is 5.32 Å². The molecule has 2 amide bonds. The molecule has 0 saturated heterocycles. The van der Waals surface area contributed by atoms with Gasteiger partial charge in [0.05, 0.1) is 13.0 Å². The summed E-state index contributed by atoms with van der Waals surface area (Å²) in [6, 6.07) is 3.08. The topological polar surface area (TPSA) is 92.4 Å². The van der Waals surface area contributed by atoms with E-state index < -0.39 is 29.6 Å². The molecule has 1 unspecified atom stereocenters. The number of nitrogens with one attached hydrogen (secondary N) is 1. The van der Waals surface area contributed by atoms with Gasteiger partial charge in [-0.05, 0) is 17.7 Å². The summed E-state index contributed by atoms with van der Waals surface area (Å²) in [6.45, 7) is -0.322. The van der Waals surface area contributed by atoms with Crippen LogP contribution < -0.4 is 11.1 Å². The van der Waals surface area contributed by atoms with Gasteiger partial charge in [0.25, 0.3) is 0 Å². The lowest BCUT2D eigenvalue weighted by Gasteiger charge is -2.08. The Morgan fingerprint density at radius 2 is 2.00 bits per heavy atom. The van der Waals surface area contributed by atoms with Crippen LogP contribution in [0.4, 0.5) is 8.78 Å². The molecule has 0 bridgehead atoms. The first kappa shape index (κ1) is 14.0. The smallest absolute Gasteiger partial charge is 0.248 e. The summed E-state index contributed by atoms with van der Waals surface area (Å²) in [5.41, 5.74) is 5.06. The van der Waals surface area contributed by atoms with Gasteiger partial charge < -0.3 is 16.2 Å². The molecule has 4 N–H and O–H groups in total. The van der Waals surface area contributed by atoms with Crippen LogP contribution in [0.5, 0.6) is 0 Å². The number of hydrogen-bond donors (Lipinski definition) is 3. The van der Waals surface area contributed by atoms with Gasteiger partial charge in [-0.1, -0.05) is 6.07 Å². The maximum absolute atomic E-state index is 12.8. The van der Waals surface area contributed by atoms with Crippen LogP contribution in [0.25, 0.3) is 0 Å². The number of amides is 2. The van der Waals surface area contributed by atoms with Crippen molar-refractivity contribution in [2.24, 2.45) is 5.73 Å². The number of rotatable bonds is 5. The van der Waals surface area contributed by atoms with Gasteiger partial charge in [0.1, 0.15) is 6.10 Å². The summed E-state index contributed by atoms with van der Waals surface area (Å²) in [6.07, 6.45) is -1.67. The molecule has 5 nitrogen and oxygen atoms in total. The van der Waals surface area contributed by atoms with Crippen molar-refractivity contribution >= 4 is 11.8 Å². The Labute approximate surface area is 102 Å². The first-order valence-electron chi connectivity index (χ1n) is 5.08. The molecule has 0 heterocycles. The molecular formula is C11H12F2N2O3. The summed E-state index contributed by atoms with van der Waals surface area (Å²) in [5.74, 6) is -3.54. The maximum Gasteiger partial charge on any atom is 0.248 e. The Balaban J connectivity index is 2.49. The highest BCUT2D eigenvalue weighted by Gasteiger charge is 2.13. The van der Waals surface area contributed by atoms with Crippen LogP contribution >= 0.6 is 0 Å². The van der Waals surface area contributed by atoms with Gasteiger partial charge in [-0.15, -0.1) is 0 Å². The number of aliphatic hydroxyl groups excluding tert-OH is 1. The van der Waals surface area contributed by atoms with Gasteiger partial charge >= 0.3 is 0 Å². The van der Waals surface area contributed by atoms with Crippen LogP contribution in [-0.4, -0.2) is 29.6 Å². The van der Waals surface area contributed by atoms with E-state index in [2.05, 4.69) is 5.32 Å². The molecule has 7 heteroatoms. The second kappa shape index (κ2) is 6.06. The molecule has 0 spiro atoms. The predicted molar refractivity (Wildman–Crippen MR) is 58.3 cm³/mol. The zero-order valence-corrected chi connectivity index (χ0v) is 9.32. The summed E-state index contributed by atoms with van der Waals surface area (Å²) in [5, 5.41) is 11.3. The number of carbonyl (C=O) groups excluding carboxylic acids is 2. The Bertz CT molecular complexity index is 466.